The first-order valence-electron chi connectivity index (χ1n) is 10.9. The third kappa shape index (κ3) is 7.55. The van der Waals surface area contributed by atoms with Crippen molar-refractivity contribution in [3.63, 3.8) is 0 Å². The molecule has 3 N–H and O–H groups in total. The molecule has 2 heterocycles. The summed E-state index contributed by atoms with van der Waals surface area (Å²) in [5.41, 5.74) is 7.59. The Balaban J connectivity index is 1.96. The number of nitrogens with zero attached hydrogens (tertiary/aromatic N) is 3. The van der Waals surface area contributed by atoms with Crippen LogP contribution in [0.5, 0.6) is 5.88 Å². The van der Waals surface area contributed by atoms with Gasteiger partial charge in [-0.1, -0.05) is 32.3 Å². The third-order valence-corrected chi connectivity index (χ3v) is 6.21. The van der Waals surface area contributed by atoms with Crippen molar-refractivity contribution in [2.45, 2.75) is 71.1 Å². The van der Waals surface area contributed by atoms with Crippen LogP contribution in [-0.4, -0.2) is 69.3 Å². The van der Waals surface area contributed by atoms with Gasteiger partial charge in [-0.25, -0.2) is 0 Å². The Morgan fingerprint density at radius 3 is 2.81 bits per heavy atom. The predicted molar refractivity (Wildman–Crippen MR) is 118 cm³/mol. The number of unbranched alkanes of at least 4 members (excludes halogenated alkanes) is 3. The van der Waals surface area contributed by atoms with Crippen LogP contribution in [-0.2, 0) is 14.3 Å². The quantitative estimate of drug-likeness (QED) is 0.264. The minimum atomic E-state index is -0.985. The molecule has 0 spiro atoms. The summed E-state index contributed by atoms with van der Waals surface area (Å²) in [6.07, 6.45) is 6.92. The zero-order valence-electron chi connectivity index (χ0n) is 18.7. The minimum Gasteiger partial charge on any atom is -0.481 e. The van der Waals surface area contributed by atoms with Crippen molar-refractivity contribution in [1.29, 1.82) is 0 Å². The van der Waals surface area contributed by atoms with Gasteiger partial charge in [0.1, 0.15) is 18.3 Å². The number of carboxylic acid groups (broad SMARTS) is 1. The second-order valence-corrected chi connectivity index (χ2v) is 8.81. The van der Waals surface area contributed by atoms with Crippen molar-refractivity contribution in [2.24, 2.45) is 5.73 Å². The van der Waals surface area contributed by atoms with E-state index in [-0.39, 0.29) is 12.8 Å². The Hall–Kier alpha value is -2.04. The zero-order valence-corrected chi connectivity index (χ0v) is 19.5. The number of carbonyl (C=O) groups excluding carboxylic acids is 1. The number of carboxylic acids is 1. The summed E-state index contributed by atoms with van der Waals surface area (Å²) in [5, 5.41) is 8.77. The fourth-order valence-corrected chi connectivity index (χ4v) is 4.03. The first kappa shape index (κ1) is 25.2. The Morgan fingerprint density at radius 2 is 2.10 bits per heavy atom. The average molecular weight is 456 g/mol. The molecule has 0 radical (unpaired) electrons. The average Bonchev–Trinajstić information content (AvgIpc) is 3.20. The van der Waals surface area contributed by atoms with E-state index in [9.17, 15) is 9.59 Å². The Kier molecular flexibility index (Phi) is 9.86. The lowest BCUT2D eigenvalue weighted by molar-refractivity contribution is -0.944. The number of hydrogen-bond acceptors (Lipinski definition) is 8. The topological polar surface area (TPSA) is 125 Å². The maximum atomic E-state index is 12.3. The van der Waals surface area contributed by atoms with Crippen molar-refractivity contribution < 1.29 is 28.7 Å². The number of likely N-dealkylation sites (N-methyl/N-ethyl adjacent to an activating group) is 1. The summed E-state index contributed by atoms with van der Waals surface area (Å²) in [4.78, 5) is 23.0. The molecule has 0 aliphatic carbocycles. The minimum absolute atomic E-state index is 0.0548. The molecule has 0 saturated heterocycles. The van der Waals surface area contributed by atoms with Gasteiger partial charge in [0, 0.05) is 25.3 Å². The predicted octanol–water partition coefficient (Wildman–Crippen LogP) is 2.81. The van der Waals surface area contributed by atoms with E-state index in [4.69, 9.17) is 20.3 Å². The Morgan fingerprint density at radius 1 is 1.32 bits per heavy atom. The van der Waals surface area contributed by atoms with Crippen LogP contribution in [0.3, 0.4) is 0 Å². The Bertz CT molecular complexity index is 769. The van der Waals surface area contributed by atoms with E-state index < -0.39 is 24.2 Å². The summed E-state index contributed by atoms with van der Waals surface area (Å²) in [6.45, 7) is 6.06. The number of carbonyl (C=O) groups is 2. The molecule has 2 unspecified atom stereocenters. The third-order valence-electron chi connectivity index (χ3n) is 5.70. The van der Waals surface area contributed by atoms with Crippen molar-refractivity contribution in [1.82, 2.24) is 8.75 Å². The smallest absolute Gasteiger partial charge is 0.327 e. The summed E-state index contributed by atoms with van der Waals surface area (Å²) in [7, 11) is 2.03. The van der Waals surface area contributed by atoms with Crippen LogP contribution in [0.15, 0.2) is 6.08 Å². The van der Waals surface area contributed by atoms with Crippen LogP contribution in [0.2, 0.25) is 0 Å². The van der Waals surface area contributed by atoms with Gasteiger partial charge in [-0.15, -0.1) is 4.37 Å². The molecule has 0 aromatic carbocycles. The monoisotopic (exact) mass is 455 g/mol. The molecular weight excluding hydrogens is 420 g/mol. The second-order valence-electron chi connectivity index (χ2n) is 8.28. The van der Waals surface area contributed by atoms with Gasteiger partial charge in [0.15, 0.2) is 0 Å². The number of nitrogens with two attached hydrogens (primary N) is 1. The molecule has 0 bridgehead atoms. The van der Waals surface area contributed by atoms with E-state index >= 15 is 0 Å². The van der Waals surface area contributed by atoms with Crippen molar-refractivity contribution in [3.05, 3.63) is 11.8 Å². The van der Waals surface area contributed by atoms with E-state index in [0.29, 0.717) is 23.5 Å². The normalized spacial score (nSPS) is 20.6. The first-order chi connectivity index (χ1) is 14.8. The molecule has 0 amide bonds. The van der Waals surface area contributed by atoms with Gasteiger partial charge in [-0.2, -0.15) is 4.37 Å². The number of aliphatic carboxylic acids is 1. The summed E-state index contributed by atoms with van der Waals surface area (Å²) >= 11 is 1.14. The lowest BCUT2D eigenvalue weighted by Crippen LogP contribution is -2.56. The molecule has 1 aliphatic rings. The number of quaternary nitrogens is 1. The lowest BCUT2D eigenvalue weighted by atomic mass is 10.0. The fraction of sp³-hybridized carbons (Fsp3) is 0.714. The van der Waals surface area contributed by atoms with Gasteiger partial charge in [0.05, 0.1) is 31.9 Å². The molecule has 31 heavy (non-hydrogen) atoms. The van der Waals surface area contributed by atoms with Crippen molar-refractivity contribution in [2.75, 3.05) is 26.7 Å². The molecule has 3 atom stereocenters. The van der Waals surface area contributed by atoms with Crippen LogP contribution in [0.25, 0.3) is 5.57 Å². The second kappa shape index (κ2) is 12.1. The maximum absolute atomic E-state index is 12.3. The molecule has 1 aliphatic heterocycles. The summed E-state index contributed by atoms with van der Waals surface area (Å²) in [5.74, 6) is -0.987. The van der Waals surface area contributed by atoms with Crippen LogP contribution in [0, 0.1) is 0 Å². The number of rotatable bonds is 13. The van der Waals surface area contributed by atoms with Gasteiger partial charge in [-0.3, -0.25) is 14.1 Å². The van der Waals surface area contributed by atoms with Gasteiger partial charge in [-0.05, 0) is 12.8 Å². The van der Waals surface area contributed by atoms with Crippen molar-refractivity contribution >= 4 is 29.2 Å². The van der Waals surface area contributed by atoms with Gasteiger partial charge < -0.3 is 20.3 Å². The fourth-order valence-electron chi connectivity index (χ4n) is 3.50. The maximum Gasteiger partial charge on any atom is 0.327 e. The molecule has 2 rings (SSSR count). The number of esters is 1. The van der Waals surface area contributed by atoms with E-state index in [2.05, 4.69) is 21.7 Å². The van der Waals surface area contributed by atoms with Gasteiger partial charge >= 0.3 is 11.9 Å². The largest absolute Gasteiger partial charge is 0.481 e. The lowest BCUT2D eigenvalue weighted by Gasteiger charge is -2.41. The molecule has 1 aromatic rings. The summed E-state index contributed by atoms with van der Waals surface area (Å²) < 4.78 is 20.8. The molecular formula is C21H35N4O5S+. The van der Waals surface area contributed by atoms with E-state index in [0.717, 1.165) is 48.8 Å². The molecule has 0 saturated carbocycles. The molecule has 1 aromatic heterocycles. The molecule has 174 valence electrons. The van der Waals surface area contributed by atoms with Gasteiger partial charge in [0.25, 0.3) is 5.88 Å². The SMILES string of the molecule is CCCCCCOc1nsnc1C1=CCC[N+](C)(C(C)OC(=O)[C@@H](N)CCC(=O)O)C1. The van der Waals surface area contributed by atoms with Crippen LogP contribution < -0.4 is 10.5 Å². The standard InChI is InChI=1S/C21H34N4O5S/c1-4-5-6-7-13-29-20-19(23-31-24-20)16-9-8-12-25(3,14-16)15(2)30-21(28)17(22)10-11-18(26)27/h9,15,17H,4-8,10-14,22H2,1-3H3/p+1/t15?,17-,25?/m0/s1. The number of hydrogen-bond donors (Lipinski definition) is 2. The van der Waals surface area contributed by atoms with Gasteiger partial charge in [0.2, 0.25) is 6.23 Å². The highest BCUT2D eigenvalue weighted by Crippen LogP contribution is 2.31. The zero-order chi connectivity index (χ0) is 22.9. The van der Waals surface area contributed by atoms with Crippen LogP contribution in [0.1, 0.15) is 64.5 Å². The molecule has 10 heteroatoms. The van der Waals surface area contributed by atoms with E-state index in [1.54, 1.807) is 0 Å². The van der Waals surface area contributed by atoms with Crippen molar-refractivity contribution in [3.8, 4) is 5.88 Å². The van der Waals surface area contributed by atoms with E-state index in [1.165, 1.54) is 12.8 Å². The number of ether oxygens (including phenoxy) is 2. The van der Waals surface area contributed by atoms with E-state index in [1.807, 2.05) is 14.0 Å². The van der Waals surface area contributed by atoms with Crippen LogP contribution >= 0.6 is 11.7 Å². The summed E-state index contributed by atoms with van der Waals surface area (Å²) in [6, 6.07) is -0.944. The highest BCUT2D eigenvalue weighted by molar-refractivity contribution is 6.99. The first-order valence-corrected chi connectivity index (χ1v) is 11.7. The molecule has 0 fully saturated rings. The molecule has 9 nitrogen and oxygen atoms in total. The van der Waals surface area contributed by atoms with Crippen LogP contribution in [0.4, 0.5) is 0 Å². The highest BCUT2D eigenvalue weighted by atomic mass is 32.1. The number of aromatic nitrogens is 2. The highest BCUT2D eigenvalue weighted by Gasteiger charge is 2.37. The Labute approximate surface area is 188 Å².